The van der Waals surface area contributed by atoms with E-state index in [1.165, 1.54) is 18.4 Å². The van der Waals surface area contributed by atoms with E-state index in [9.17, 15) is 4.79 Å². The molecule has 1 unspecified atom stereocenters. The third-order valence-corrected chi connectivity index (χ3v) is 2.93. The molecule has 4 nitrogen and oxygen atoms in total. The highest BCUT2D eigenvalue weighted by Gasteiger charge is 2.33. The lowest BCUT2D eigenvalue weighted by molar-refractivity contribution is -0.151. The molecule has 0 saturated heterocycles. The minimum atomic E-state index is -0.660. The molecule has 0 radical (unpaired) electrons. The zero-order chi connectivity index (χ0) is 10.6. The van der Waals surface area contributed by atoms with Crippen LogP contribution in [0.4, 0.5) is 0 Å². The van der Waals surface area contributed by atoms with Gasteiger partial charge in [0.05, 0.1) is 17.5 Å². The summed E-state index contributed by atoms with van der Waals surface area (Å²) in [6.07, 6.45) is 2.25. The minimum absolute atomic E-state index is 0.263. The molecular formula is C9H14N2O2S. The summed E-state index contributed by atoms with van der Waals surface area (Å²) in [5.74, 6) is -0.282. The van der Waals surface area contributed by atoms with E-state index >= 15 is 0 Å². The van der Waals surface area contributed by atoms with Gasteiger partial charge in [0.1, 0.15) is 0 Å². The van der Waals surface area contributed by atoms with Crippen LogP contribution in [0.2, 0.25) is 0 Å². The van der Waals surface area contributed by atoms with E-state index in [1.807, 2.05) is 5.38 Å². The molecule has 78 valence electrons. The number of carbonyl (C=O) groups is 1. The van der Waals surface area contributed by atoms with Gasteiger partial charge in [-0.3, -0.25) is 4.79 Å². The highest BCUT2D eigenvalue weighted by atomic mass is 32.1. The van der Waals surface area contributed by atoms with E-state index in [2.05, 4.69) is 4.98 Å². The van der Waals surface area contributed by atoms with Gasteiger partial charge in [-0.15, -0.1) is 11.3 Å². The fourth-order valence-corrected chi connectivity index (χ4v) is 1.95. The molecule has 0 saturated carbocycles. The Balaban J connectivity index is 2.76. The van der Waals surface area contributed by atoms with E-state index in [-0.39, 0.29) is 12.5 Å². The van der Waals surface area contributed by atoms with Gasteiger partial charge in [0, 0.05) is 24.5 Å². The molecule has 0 aliphatic heterocycles. The molecule has 1 heterocycles. The average molecular weight is 214 g/mol. The third kappa shape index (κ3) is 2.30. The summed E-state index contributed by atoms with van der Waals surface area (Å²) in [5, 5.41) is 2.78. The van der Waals surface area contributed by atoms with Crippen LogP contribution in [0.15, 0.2) is 11.6 Å². The van der Waals surface area contributed by atoms with Gasteiger partial charge in [-0.2, -0.15) is 0 Å². The molecule has 0 aromatic carbocycles. The maximum atomic E-state index is 11.5. The first-order chi connectivity index (χ1) is 6.62. The zero-order valence-electron chi connectivity index (χ0n) is 8.32. The van der Waals surface area contributed by atoms with Gasteiger partial charge in [-0.05, 0) is 6.92 Å². The van der Waals surface area contributed by atoms with Gasteiger partial charge in [-0.25, -0.2) is 4.98 Å². The highest BCUT2D eigenvalue weighted by molar-refractivity contribution is 7.09. The van der Waals surface area contributed by atoms with Crippen LogP contribution in [0.1, 0.15) is 11.9 Å². The smallest absolute Gasteiger partial charge is 0.313 e. The Hall–Kier alpha value is -0.940. The summed E-state index contributed by atoms with van der Waals surface area (Å²) in [4.78, 5) is 15.6. The first kappa shape index (κ1) is 11.1. The second-order valence-corrected chi connectivity index (χ2v) is 4.34. The maximum Gasteiger partial charge on any atom is 0.313 e. The number of nitrogens with two attached hydrogens (primary N) is 1. The number of rotatable bonds is 4. The third-order valence-electron chi connectivity index (χ3n) is 2.15. The van der Waals surface area contributed by atoms with Crippen LogP contribution in [-0.2, 0) is 16.0 Å². The Morgan fingerprint density at radius 1 is 1.79 bits per heavy atom. The summed E-state index contributed by atoms with van der Waals surface area (Å²) in [7, 11) is 1.37. The van der Waals surface area contributed by atoms with Crippen molar-refractivity contribution < 1.29 is 9.53 Å². The summed E-state index contributed by atoms with van der Waals surface area (Å²) < 4.78 is 4.71. The summed E-state index contributed by atoms with van der Waals surface area (Å²) in [6.45, 7) is 2.06. The Labute approximate surface area is 87.1 Å². The Morgan fingerprint density at radius 2 is 2.50 bits per heavy atom. The molecule has 0 aliphatic carbocycles. The number of esters is 1. The van der Waals surface area contributed by atoms with Gasteiger partial charge in [0.15, 0.2) is 0 Å². The summed E-state index contributed by atoms with van der Waals surface area (Å²) in [6, 6.07) is 0. The number of hydrogen-bond donors (Lipinski definition) is 1. The highest BCUT2D eigenvalue weighted by Crippen LogP contribution is 2.23. The van der Waals surface area contributed by atoms with Crippen molar-refractivity contribution in [3.63, 3.8) is 0 Å². The van der Waals surface area contributed by atoms with Crippen LogP contribution in [0.25, 0.3) is 0 Å². The SMILES string of the molecule is COC(=O)C(C)(CN)Cc1nccs1. The number of carbonyl (C=O) groups excluding carboxylic acids is 1. The number of thiazole rings is 1. The topological polar surface area (TPSA) is 65.2 Å². The second-order valence-electron chi connectivity index (χ2n) is 3.36. The largest absolute Gasteiger partial charge is 0.469 e. The lowest BCUT2D eigenvalue weighted by Crippen LogP contribution is -2.38. The lowest BCUT2D eigenvalue weighted by atomic mass is 9.87. The van der Waals surface area contributed by atoms with Crippen molar-refractivity contribution in [2.75, 3.05) is 13.7 Å². The van der Waals surface area contributed by atoms with E-state index in [4.69, 9.17) is 10.5 Å². The molecule has 1 aromatic heterocycles. The zero-order valence-corrected chi connectivity index (χ0v) is 9.13. The first-order valence-corrected chi connectivity index (χ1v) is 5.17. The summed E-state index contributed by atoms with van der Waals surface area (Å²) in [5.41, 5.74) is 4.92. The molecule has 0 fully saturated rings. The van der Waals surface area contributed by atoms with Gasteiger partial charge in [0.2, 0.25) is 0 Å². The fourth-order valence-electron chi connectivity index (χ4n) is 1.15. The maximum absolute atomic E-state index is 11.5. The molecule has 1 aromatic rings. The molecule has 1 atom stereocenters. The van der Waals surface area contributed by atoms with Gasteiger partial charge < -0.3 is 10.5 Å². The second kappa shape index (κ2) is 4.52. The molecule has 0 spiro atoms. The Bertz CT molecular complexity index is 300. The van der Waals surface area contributed by atoms with Crippen molar-refractivity contribution in [1.82, 2.24) is 4.98 Å². The van der Waals surface area contributed by atoms with Crippen LogP contribution in [-0.4, -0.2) is 24.6 Å². The predicted octanol–water partition coefficient (Wildman–Crippen LogP) is 0.824. The van der Waals surface area contributed by atoms with Crippen molar-refractivity contribution >= 4 is 17.3 Å². The molecule has 2 N–H and O–H groups in total. The first-order valence-electron chi connectivity index (χ1n) is 4.29. The van der Waals surface area contributed by atoms with Crippen molar-refractivity contribution in [3.8, 4) is 0 Å². The van der Waals surface area contributed by atoms with Crippen LogP contribution in [0.3, 0.4) is 0 Å². The van der Waals surface area contributed by atoms with E-state index in [1.54, 1.807) is 13.1 Å². The van der Waals surface area contributed by atoms with Gasteiger partial charge in [0.25, 0.3) is 0 Å². The Morgan fingerprint density at radius 3 is 2.93 bits per heavy atom. The van der Waals surface area contributed by atoms with Crippen LogP contribution >= 0.6 is 11.3 Å². The van der Waals surface area contributed by atoms with Crippen LogP contribution in [0.5, 0.6) is 0 Å². The van der Waals surface area contributed by atoms with E-state index in [0.717, 1.165) is 5.01 Å². The van der Waals surface area contributed by atoms with Crippen LogP contribution < -0.4 is 5.73 Å². The van der Waals surface area contributed by atoms with Crippen molar-refractivity contribution in [1.29, 1.82) is 0 Å². The molecular weight excluding hydrogens is 200 g/mol. The molecule has 0 bridgehead atoms. The van der Waals surface area contributed by atoms with Crippen molar-refractivity contribution in [2.45, 2.75) is 13.3 Å². The lowest BCUT2D eigenvalue weighted by Gasteiger charge is -2.23. The number of ether oxygens (including phenoxy) is 1. The quantitative estimate of drug-likeness (QED) is 0.754. The molecule has 0 amide bonds. The molecule has 14 heavy (non-hydrogen) atoms. The summed E-state index contributed by atoms with van der Waals surface area (Å²) >= 11 is 1.52. The molecule has 0 aliphatic rings. The Kier molecular flexibility index (Phi) is 3.60. The van der Waals surface area contributed by atoms with E-state index in [0.29, 0.717) is 6.42 Å². The molecule has 1 rings (SSSR count). The minimum Gasteiger partial charge on any atom is -0.469 e. The predicted molar refractivity (Wildman–Crippen MR) is 55.0 cm³/mol. The van der Waals surface area contributed by atoms with Gasteiger partial charge in [-0.1, -0.05) is 0 Å². The normalized spacial score (nSPS) is 14.8. The molecule has 5 heteroatoms. The van der Waals surface area contributed by atoms with E-state index < -0.39 is 5.41 Å². The number of nitrogens with zero attached hydrogens (tertiary/aromatic N) is 1. The number of methoxy groups -OCH3 is 1. The monoisotopic (exact) mass is 214 g/mol. The van der Waals surface area contributed by atoms with Crippen LogP contribution in [0, 0.1) is 5.41 Å². The van der Waals surface area contributed by atoms with Crippen molar-refractivity contribution in [2.24, 2.45) is 11.1 Å². The fraction of sp³-hybridized carbons (Fsp3) is 0.556. The standard InChI is InChI=1S/C9H14N2O2S/c1-9(6-10,8(12)13-2)5-7-11-3-4-14-7/h3-4H,5-6,10H2,1-2H3. The number of hydrogen-bond acceptors (Lipinski definition) is 5. The average Bonchev–Trinajstić information content (AvgIpc) is 2.68. The van der Waals surface area contributed by atoms with Gasteiger partial charge >= 0.3 is 5.97 Å². The number of aromatic nitrogens is 1. The van der Waals surface area contributed by atoms with Crippen molar-refractivity contribution in [3.05, 3.63) is 16.6 Å².